The lowest BCUT2D eigenvalue weighted by atomic mass is 10.0. The lowest BCUT2D eigenvalue weighted by molar-refractivity contribution is -0.385. The lowest BCUT2D eigenvalue weighted by Crippen LogP contribution is -2.10. The first-order valence-electron chi connectivity index (χ1n) is 7.64. The quantitative estimate of drug-likeness (QED) is 0.303. The number of ether oxygens (including phenoxy) is 1. The highest BCUT2D eigenvalue weighted by molar-refractivity contribution is 5.95. The predicted octanol–water partition coefficient (Wildman–Crippen LogP) is 4.35. The average Bonchev–Trinajstić information content (AvgIpc) is 2.68. The molecule has 3 aromatic carbocycles. The lowest BCUT2D eigenvalue weighted by Gasteiger charge is -2.06. The fourth-order valence-electron chi connectivity index (χ4n) is 2.42. The molecule has 0 N–H and O–H groups in total. The van der Waals surface area contributed by atoms with Gasteiger partial charge >= 0.3 is 5.97 Å². The Hall–Kier alpha value is -3.98. The standard InChI is InChI=1S/C20H12N2O4/c21-13-14-5-7-15(8-6-14)16-9-11-17(12-10-16)26-20(23)18-3-1-2-4-19(18)22(24)25/h1-12H. The maximum absolute atomic E-state index is 12.2. The number of nitrogens with zero attached hydrogens (tertiary/aromatic N) is 2. The molecule has 0 saturated carbocycles. The van der Waals surface area contributed by atoms with Gasteiger partial charge in [-0.3, -0.25) is 10.1 Å². The van der Waals surface area contributed by atoms with E-state index in [0.717, 1.165) is 11.1 Å². The summed E-state index contributed by atoms with van der Waals surface area (Å²) in [4.78, 5) is 22.6. The van der Waals surface area contributed by atoms with E-state index in [-0.39, 0.29) is 17.0 Å². The highest BCUT2D eigenvalue weighted by Crippen LogP contribution is 2.24. The van der Waals surface area contributed by atoms with E-state index in [0.29, 0.717) is 5.56 Å². The molecule has 0 radical (unpaired) electrons. The van der Waals surface area contributed by atoms with E-state index < -0.39 is 10.9 Å². The molecule has 0 amide bonds. The van der Waals surface area contributed by atoms with E-state index in [9.17, 15) is 14.9 Å². The second-order valence-corrected chi connectivity index (χ2v) is 5.38. The third kappa shape index (κ3) is 3.57. The van der Waals surface area contributed by atoms with Gasteiger partial charge in [-0.25, -0.2) is 4.79 Å². The summed E-state index contributed by atoms with van der Waals surface area (Å²) in [5, 5.41) is 19.8. The van der Waals surface area contributed by atoms with Crippen LogP contribution in [0.25, 0.3) is 11.1 Å². The Morgan fingerprint density at radius 1 is 0.923 bits per heavy atom. The van der Waals surface area contributed by atoms with Crippen molar-refractivity contribution in [3.63, 3.8) is 0 Å². The maximum atomic E-state index is 12.2. The number of esters is 1. The molecule has 0 aliphatic rings. The van der Waals surface area contributed by atoms with Crippen molar-refractivity contribution in [1.82, 2.24) is 0 Å². The van der Waals surface area contributed by atoms with Gasteiger partial charge in [0.15, 0.2) is 0 Å². The van der Waals surface area contributed by atoms with Crippen LogP contribution in [0.1, 0.15) is 15.9 Å². The van der Waals surface area contributed by atoms with Crippen molar-refractivity contribution >= 4 is 11.7 Å². The molecule has 0 atom stereocenters. The molecular formula is C20H12N2O4. The zero-order valence-electron chi connectivity index (χ0n) is 13.5. The number of nitro groups is 1. The number of rotatable bonds is 4. The van der Waals surface area contributed by atoms with Gasteiger partial charge in [-0.15, -0.1) is 0 Å². The molecule has 126 valence electrons. The molecule has 0 heterocycles. The summed E-state index contributed by atoms with van der Waals surface area (Å²) in [6, 6.07) is 21.5. The summed E-state index contributed by atoms with van der Waals surface area (Å²) in [7, 11) is 0. The van der Waals surface area contributed by atoms with Crippen molar-refractivity contribution in [2.24, 2.45) is 0 Å². The van der Waals surface area contributed by atoms with Gasteiger partial charge in [0.05, 0.1) is 16.6 Å². The van der Waals surface area contributed by atoms with Crippen LogP contribution in [0.15, 0.2) is 72.8 Å². The van der Waals surface area contributed by atoms with Crippen LogP contribution in [0.3, 0.4) is 0 Å². The molecule has 0 aliphatic carbocycles. The summed E-state index contributed by atoms with van der Waals surface area (Å²) >= 11 is 0. The van der Waals surface area contributed by atoms with Crippen molar-refractivity contribution in [2.45, 2.75) is 0 Å². The van der Waals surface area contributed by atoms with E-state index in [1.807, 2.05) is 12.1 Å². The normalized spacial score (nSPS) is 9.96. The van der Waals surface area contributed by atoms with Crippen LogP contribution in [0.5, 0.6) is 5.75 Å². The fraction of sp³-hybridized carbons (Fsp3) is 0. The van der Waals surface area contributed by atoms with Gasteiger partial charge in [0.2, 0.25) is 0 Å². The summed E-state index contributed by atoms with van der Waals surface area (Å²) in [5.41, 5.74) is 1.98. The first-order valence-corrected chi connectivity index (χ1v) is 7.64. The van der Waals surface area contributed by atoms with Gasteiger partial charge in [-0.2, -0.15) is 5.26 Å². The van der Waals surface area contributed by atoms with Crippen LogP contribution >= 0.6 is 0 Å². The topological polar surface area (TPSA) is 93.2 Å². The van der Waals surface area contributed by atoms with Crippen LogP contribution in [0.4, 0.5) is 5.69 Å². The van der Waals surface area contributed by atoms with E-state index >= 15 is 0 Å². The minimum Gasteiger partial charge on any atom is -0.423 e. The van der Waals surface area contributed by atoms with E-state index in [2.05, 4.69) is 6.07 Å². The first-order chi connectivity index (χ1) is 12.6. The first kappa shape index (κ1) is 16.9. The molecule has 0 saturated heterocycles. The number of hydrogen-bond acceptors (Lipinski definition) is 5. The molecule has 0 bridgehead atoms. The number of nitriles is 1. The molecule has 0 spiro atoms. The molecule has 0 aliphatic heterocycles. The van der Waals surface area contributed by atoms with E-state index in [1.165, 1.54) is 24.3 Å². The van der Waals surface area contributed by atoms with Crippen LogP contribution in [-0.2, 0) is 0 Å². The second-order valence-electron chi connectivity index (χ2n) is 5.38. The van der Waals surface area contributed by atoms with E-state index in [1.54, 1.807) is 36.4 Å². The van der Waals surface area contributed by atoms with Crippen molar-refractivity contribution < 1.29 is 14.5 Å². The van der Waals surface area contributed by atoms with E-state index in [4.69, 9.17) is 10.00 Å². The van der Waals surface area contributed by atoms with Crippen LogP contribution < -0.4 is 4.74 Å². The minimum atomic E-state index is -0.788. The molecule has 0 aromatic heterocycles. The molecule has 26 heavy (non-hydrogen) atoms. The third-order valence-corrected chi connectivity index (χ3v) is 3.73. The fourth-order valence-corrected chi connectivity index (χ4v) is 2.42. The van der Waals surface area contributed by atoms with Gasteiger partial charge < -0.3 is 4.74 Å². The molecule has 0 unspecified atom stereocenters. The summed E-state index contributed by atoms with van der Waals surface area (Å²) < 4.78 is 5.23. The van der Waals surface area contributed by atoms with Crippen molar-refractivity contribution in [2.75, 3.05) is 0 Å². The summed E-state index contributed by atoms with van der Waals surface area (Å²) in [6.07, 6.45) is 0. The van der Waals surface area contributed by atoms with Gasteiger partial charge in [0.1, 0.15) is 11.3 Å². The maximum Gasteiger partial charge on any atom is 0.350 e. The zero-order chi connectivity index (χ0) is 18.5. The molecular weight excluding hydrogens is 332 g/mol. The zero-order valence-corrected chi connectivity index (χ0v) is 13.5. The van der Waals surface area contributed by atoms with Gasteiger partial charge in [0, 0.05) is 6.07 Å². The minimum absolute atomic E-state index is 0.103. The van der Waals surface area contributed by atoms with Crippen LogP contribution in [0.2, 0.25) is 0 Å². The average molecular weight is 344 g/mol. The molecule has 3 aromatic rings. The van der Waals surface area contributed by atoms with Crippen molar-refractivity contribution in [3.8, 4) is 22.9 Å². The van der Waals surface area contributed by atoms with Crippen LogP contribution in [0, 0.1) is 21.4 Å². The highest BCUT2D eigenvalue weighted by atomic mass is 16.6. The third-order valence-electron chi connectivity index (χ3n) is 3.73. The highest BCUT2D eigenvalue weighted by Gasteiger charge is 2.20. The molecule has 0 fully saturated rings. The summed E-state index contributed by atoms with van der Waals surface area (Å²) in [6.45, 7) is 0. The smallest absolute Gasteiger partial charge is 0.350 e. The Labute approximate surface area is 149 Å². The Morgan fingerprint density at radius 3 is 2.08 bits per heavy atom. The van der Waals surface area contributed by atoms with Gasteiger partial charge in [-0.05, 0) is 41.5 Å². The number of benzene rings is 3. The summed E-state index contributed by atoms with van der Waals surface area (Å²) in [5.74, 6) is -0.506. The predicted molar refractivity (Wildman–Crippen MR) is 94.6 cm³/mol. The second kappa shape index (κ2) is 7.28. The Kier molecular flexibility index (Phi) is 4.72. The number of hydrogen-bond donors (Lipinski definition) is 0. The van der Waals surface area contributed by atoms with Crippen LogP contribution in [-0.4, -0.2) is 10.9 Å². The monoisotopic (exact) mass is 344 g/mol. The largest absolute Gasteiger partial charge is 0.423 e. The van der Waals surface area contributed by atoms with Gasteiger partial charge in [-0.1, -0.05) is 36.4 Å². The Morgan fingerprint density at radius 2 is 1.50 bits per heavy atom. The Bertz CT molecular complexity index is 1000. The Balaban J connectivity index is 1.78. The SMILES string of the molecule is N#Cc1ccc(-c2ccc(OC(=O)c3ccccc3[N+](=O)[O-])cc2)cc1. The van der Waals surface area contributed by atoms with Gasteiger partial charge in [0.25, 0.3) is 5.69 Å². The number of nitro benzene ring substituents is 1. The number of carbonyl (C=O) groups excluding carboxylic acids is 1. The van der Waals surface area contributed by atoms with Crippen molar-refractivity contribution in [1.29, 1.82) is 5.26 Å². The molecule has 3 rings (SSSR count). The molecule has 6 heteroatoms. The number of para-hydroxylation sites is 1. The van der Waals surface area contributed by atoms with Crippen molar-refractivity contribution in [3.05, 3.63) is 94.0 Å². The number of carbonyl (C=O) groups is 1. The molecule has 6 nitrogen and oxygen atoms in total.